The highest BCUT2D eigenvalue weighted by molar-refractivity contribution is 5.79. The van der Waals surface area contributed by atoms with Gasteiger partial charge < -0.3 is 29.2 Å². The summed E-state index contributed by atoms with van der Waals surface area (Å²) in [6.45, 7) is 2.69. The molecule has 2 saturated carbocycles. The summed E-state index contributed by atoms with van der Waals surface area (Å²) >= 11 is 0. The molecule has 0 spiro atoms. The molecule has 7 heteroatoms. The summed E-state index contributed by atoms with van der Waals surface area (Å²) in [7, 11) is 3.36. The molecule has 1 aromatic rings. The van der Waals surface area contributed by atoms with E-state index in [9.17, 15) is 4.79 Å². The second kappa shape index (κ2) is 12.9. The van der Waals surface area contributed by atoms with Crippen molar-refractivity contribution in [2.75, 3.05) is 47.3 Å². The van der Waals surface area contributed by atoms with E-state index in [1.807, 2.05) is 6.07 Å². The number of methoxy groups -OCH3 is 2. The summed E-state index contributed by atoms with van der Waals surface area (Å²) < 4.78 is 22.3. The molecule has 3 atom stereocenters. The maximum absolute atomic E-state index is 13.4. The second-order valence-corrected chi connectivity index (χ2v) is 9.87. The minimum Gasteiger partial charge on any atom is -0.497 e. The number of ether oxygens (including phenoxy) is 4. The van der Waals surface area contributed by atoms with Crippen LogP contribution in [0, 0.1) is 5.92 Å². The Morgan fingerprint density at radius 1 is 1.03 bits per heavy atom. The highest BCUT2D eigenvalue weighted by atomic mass is 16.7. The van der Waals surface area contributed by atoms with E-state index >= 15 is 0 Å². The Kier molecular flexibility index (Phi) is 9.62. The molecule has 1 aliphatic heterocycles. The zero-order valence-electron chi connectivity index (χ0n) is 20.9. The van der Waals surface area contributed by atoms with Gasteiger partial charge in [0.15, 0.2) is 0 Å². The lowest BCUT2D eigenvalue weighted by Gasteiger charge is -2.43. The summed E-state index contributed by atoms with van der Waals surface area (Å²) in [4.78, 5) is 15.5. The van der Waals surface area contributed by atoms with Gasteiger partial charge >= 0.3 is 0 Å². The molecule has 2 fully saturated rings. The molecule has 1 amide bonds. The van der Waals surface area contributed by atoms with Crippen LogP contribution < -0.4 is 10.1 Å². The Morgan fingerprint density at radius 3 is 2.59 bits per heavy atom. The Morgan fingerprint density at radius 2 is 1.82 bits per heavy atom. The SMILES string of the molecule is COCO[C@@H]1CCC[C@@H]1OCCNCC(=O)N1CCc2ccc(OC)cc2C1C1CCCCC1. The second-order valence-electron chi connectivity index (χ2n) is 9.87. The average molecular weight is 475 g/mol. The van der Waals surface area contributed by atoms with Crippen LogP contribution in [0.5, 0.6) is 5.75 Å². The molecule has 0 saturated heterocycles. The number of nitrogens with one attached hydrogen (secondary N) is 1. The largest absolute Gasteiger partial charge is 0.497 e. The van der Waals surface area contributed by atoms with Crippen molar-refractivity contribution in [3.63, 3.8) is 0 Å². The molecule has 0 bridgehead atoms. The van der Waals surface area contributed by atoms with Crippen LogP contribution in [0.1, 0.15) is 68.5 Å². The van der Waals surface area contributed by atoms with Crippen molar-refractivity contribution in [3.05, 3.63) is 29.3 Å². The topological polar surface area (TPSA) is 69.3 Å². The highest BCUT2D eigenvalue weighted by Crippen LogP contribution is 2.43. The third-order valence-electron chi connectivity index (χ3n) is 7.73. The number of rotatable bonds is 11. The van der Waals surface area contributed by atoms with Crippen LogP contribution in [0.3, 0.4) is 0 Å². The predicted molar refractivity (Wildman–Crippen MR) is 131 cm³/mol. The van der Waals surface area contributed by atoms with E-state index in [0.29, 0.717) is 32.4 Å². The number of amides is 1. The Labute approximate surface area is 204 Å². The zero-order chi connectivity index (χ0) is 23.8. The Balaban J connectivity index is 1.31. The van der Waals surface area contributed by atoms with E-state index in [1.165, 1.54) is 43.2 Å². The van der Waals surface area contributed by atoms with Gasteiger partial charge in [-0.3, -0.25) is 4.79 Å². The predicted octanol–water partition coefficient (Wildman–Crippen LogP) is 3.85. The molecular weight excluding hydrogens is 432 g/mol. The van der Waals surface area contributed by atoms with Crippen molar-refractivity contribution in [2.45, 2.75) is 76.0 Å². The maximum Gasteiger partial charge on any atom is 0.237 e. The molecule has 1 unspecified atom stereocenters. The molecule has 1 N–H and O–H groups in total. The fraction of sp³-hybridized carbons (Fsp3) is 0.741. The number of carbonyl (C=O) groups excluding carboxylic acids is 1. The van der Waals surface area contributed by atoms with E-state index in [4.69, 9.17) is 18.9 Å². The number of carbonyl (C=O) groups is 1. The van der Waals surface area contributed by atoms with Gasteiger partial charge in [-0.05, 0) is 67.7 Å². The van der Waals surface area contributed by atoms with Gasteiger partial charge in [-0.1, -0.05) is 25.3 Å². The molecule has 190 valence electrons. The molecule has 4 rings (SSSR count). The van der Waals surface area contributed by atoms with E-state index in [1.54, 1.807) is 14.2 Å². The van der Waals surface area contributed by atoms with E-state index in [0.717, 1.165) is 38.0 Å². The van der Waals surface area contributed by atoms with Crippen molar-refractivity contribution in [1.29, 1.82) is 0 Å². The Hall–Kier alpha value is -1.67. The quantitative estimate of drug-likeness (QED) is 0.388. The summed E-state index contributed by atoms with van der Waals surface area (Å²) in [5.74, 6) is 1.59. The standard InChI is InChI=1S/C27H42N2O5/c1-31-19-34-25-10-6-9-24(25)33-16-14-28-18-26(30)29-15-13-20-11-12-22(32-2)17-23(20)27(29)21-7-4-3-5-8-21/h11-12,17,21,24-25,27-28H,3-10,13-16,18-19H2,1-2H3/t24-,25+,27?/m0/s1. The summed E-state index contributed by atoms with van der Waals surface area (Å²) in [5, 5.41) is 3.33. The fourth-order valence-corrected chi connectivity index (χ4v) is 6.00. The smallest absolute Gasteiger partial charge is 0.237 e. The Bertz CT molecular complexity index is 782. The molecule has 1 aromatic carbocycles. The first-order valence-corrected chi connectivity index (χ1v) is 13.1. The fourth-order valence-electron chi connectivity index (χ4n) is 6.00. The van der Waals surface area contributed by atoms with Gasteiger partial charge in [0.05, 0.1) is 38.5 Å². The van der Waals surface area contributed by atoms with E-state index in [-0.39, 0.29) is 24.2 Å². The van der Waals surface area contributed by atoms with Crippen molar-refractivity contribution >= 4 is 5.91 Å². The normalized spacial score (nSPS) is 25.4. The average Bonchev–Trinajstić information content (AvgIpc) is 3.33. The minimum absolute atomic E-state index is 0.114. The van der Waals surface area contributed by atoms with Crippen LogP contribution in [0.15, 0.2) is 18.2 Å². The molecule has 2 aliphatic carbocycles. The first-order chi connectivity index (χ1) is 16.7. The van der Waals surface area contributed by atoms with Gasteiger partial charge in [-0.25, -0.2) is 0 Å². The summed E-state index contributed by atoms with van der Waals surface area (Å²) in [6, 6.07) is 6.56. The van der Waals surface area contributed by atoms with Crippen LogP contribution >= 0.6 is 0 Å². The molecule has 34 heavy (non-hydrogen) atoms. The molecule has 0 radical (unpaired) electrons. The third kappa shape index (κ3) is 6.30. The molecule has 3 aliphatic rings. The number of hydrogen-bond donors (Lipinski definition) is 1. The highest BCUT2D eigenvalue weighted by Gasteiger charge is 2.37. The molecule has 1 heterocycles. The lowest BCUT2D eigenvalue weighted by atomic mass is 9.77. The number of nitrogens with zero attached hydrogens (tertiary/aromatic N) is 1. The maximum atomic E-state index is 13.4. The van der Waals surface area contributed by atoms with Crippen LogP contribution in [0.2, 0.25) is 0 Å². The minimum atomic E-state index is 0.114. The zero-order valence-corrected chi connectivity index (χ0v) is 20.9. The lowest BCUT2D eigenvalue weighted by Crippen LogP contribution is -2.47. The van der Waals surface area contributed by atoms with Crippen molar-refractivity contribution in [2.24, 2.45) is 5.92 Å². The summed E-state index contributed by atoms with van der Waals surface area (Å²) in [6.07, 6.45) is 10.5. The van der Waals surface area contributed by atoms with Crippen LogP contribution in [0.4, 0.5) is 0 Å². The van der Waals surface area contributed by atoms with Gasteiger partial charge in [0.25, 0.3) is 0 Å². The van der Waals surface area contributed by atoms with Crippen LogP contribution in [0.25, 0.3) is 0 Å². The lowest BCUT2D eigenvalue weighted by molar-refractivity contribution is -0.135. The third-order valence-corrected chi connectivity index (χ3v) is 7.73. The molecular formula is C27H42N2O5. The van der Waals surface area contributed by atoms with Crippen LogP contribution in [-0.4, -0.2) is 70.3 Å². The van der Waals surface area contributed by atoms with E-state index in [2.05, 4.69) is 22.3 Å². The number of benzene rings is 1. The summed E-state index contributed by atoms with van der Waals surface area (Å²) in [5.41, 5.74) is 2.65. The van der Waals surface area contributed by atoms with Crippen LogP contribution in [-0.2, 0) is 25.4 Å². The van der Waals surface area contributed by atoms with Gasteiger partial charge in [-0.15, -0.1) is 0 Å². The first-order valence-electron chi connectivity index (χ1n) is 13.1. The van der Waals surface area contributed by atoms with Gasteiger partial charge in [0.1, 0.15) is 12.5 Å². The monoisotopic (exact) mass is 474 g/mol. The van der Waals surface area contributed by atoms with Crippen molar-refractivity contribution < 1.29 is 23.7 Å². The van der Waals surface area contributed by atoms with E-state index < -0.39 is 0 Å². The number of fused-ring (bicyclic) bond motifs is 1. The van der Waals surface area contributed by atoms with Gasteiger partial charge in [0.2, 0.25) is 5.91 Å². The van der Waals surface area contributed by atoms with Crippen molar-refractivity contribution in [3.8, 4) is 5.75 Å². The van der Waals surface area contributed by atoms with Gasteiger partial charge in [-0.2, -0.15) is 0 Å². The first kappa shape index (κ1) is 25.4. The number of hydrogen-bond acceptors (Lipinski definition) is 6. The molecule has 7 nitrogen and oxygen atoms in total. The van der Waals surface area contributed by atoms with Crippen molar-refractivity contribution in [1.82, 2.24) is 10.2 Å². The molecule has 0 aromatic heterocycles. The van der Waals surface area contributed by atoms with Gasteiger partial charge in [0, 0.05) is 20.2 Å².